The highest BCUT2D eigenvalue weighted by molar-refractivity contribution is 5.97. The fourth-order valence-corrected chi connectivity index (χ4v) is 1.16. The van der Waals surface area contributed by atoms with E-state index in [1.807, 2.05) is 0 Å². The average molecular weight is 238 g/mol. The summed E-state index contributed by atoms with van der Waals surface area (Å²) in [5.41, 5.74) is 0.0294. The summed E-state index contributed by atoms with van der Waals surface area (Å²) >= 11 is 0. The molecule has 0 bridgehead atoms. The molecular formula is C11H11FN2O3. The van der Waals surface area contributed by atoms with Crippen molar-refractivity contribution in [2.75, 3.05) is 13.1 Å². The van der Waals surface area contributed by atoms with Gasteiger partial charge in [0, 0.05) is 6.54 Å². The van der Waals surface area contributed by atoms with Crippen LogP contribution in [0.4, 0.5) is 9.18 Å². The van der Waals surface area contributed by atoms with Gasteiger partial charge in [0.2, 0.25) is 5.78 Å². The number of hydrogen-bond donors (Lipinski definition) is 1. The van der Waals surface area contributed by atoms with Crippen molar-refractivity contribution in [1.29, 1.82) is 0 Å². The summed E-state index contributed by atoms with van der Waals surface area (Å²) in [6, 6.07) is 2.31. The lowest BCUT2D eigenvalue weighted by Gasteiger charge is -2.15. The number of Topliss-reactive ketones (excluding diaryl/α,β-unsaturated/α-hetero) is 1. The van der Waals surface area contributed by atoms with Gasteiger partial charge < -0.3 is 5.11 Å². The number of aromatic nitrogens is 1. The number of amides is 1. The van der Waals surface area contributed by atoms with E-state index < -0.39 is 17.7 Å². The Morgan fingerprint density at radius 3 is 2.71 bits per heavy atom. The number of rotatable bonds is 5. The first-order valence-corrected chi connectivity index (χ1v) is 4.78. The maximum Gasteiger partial charge on any atom is 0.407 e. The molecule has 1 heterocycles. The Bertz CT molecular complexity index is 431. The van der Waals surface area contributed by atoms with Crippen LogP contribution in [0.3, 0.4) is 0 Å². The van der Waals surface area contributed by atoms with Gasteiger partial charge in [0.05, 0.1) is 12.7 Å². The zero-order valence-electron chi connectivity index (χ0n) is 8.97. The third-order valence-electron chi connectivity index (χ3n) is 1.97. The van der Waals surface area contributed by atoms with Crippen LogP contribution in [0.1, 0.15) is 10.5 Å². The second kappa shape index (κ2) is 5.74. The SMILES string of the molecule is C=CCN(CC(=O)c1ccc(F)cn1)C(=O)O. The molecule has 0 saturated heterocycles. The summed E-state index contributed by atoms with van der Waals surface area (Å²) in [4.78, 5) is 26.8. The first-order chi connectivity index (χ1) is 8.04. The topological polar surface area (TPSA) is 70.5 Å². The summed E-state index contributed by atoms with van der Waals surface area (Å²) < 4.78 is 12.6. The Labute approximate surface area is 97.2 Å². The molecule has 0 unspecified atom stereocenters. The van der Waals surface area contributed by atoms with Crippen molar-refractivity contribution in [3.8, 4) is 0 Å². The molecule has 0 radical (unpaired) electrons. The van der Waals surface area contributed by atoms with Crippen LogP contribution in [-0.2, 0) is 0 Å². The van der Waals surface area contributed by atoms with Crippen molar-refractivity contribution in [3.63, 3.8) is 0 Å². The van der Waals surface area contributed by atoms with Crippen molar-refractivity contribution in [3.05, 3.63) is 42.5 Å². The minimum absolute atomic E-state index is 0.0294. The predicted molar refractivity (Wildman–Crippen MR) is 58.3 cm³/mol. The van der Waals surface area contributed by atoms with Crippen LogP contribution in [-0.4, -0.2) is 40.0 Å². The molecule has 90 valence electrons. The van der Waals surface area contributed by atoms with Crippen LogP contribution >= 0.6 is 0 Å². The number of nitrogens with zero attached hydrogens (tertiary/aromatic N) is 2. The Morgan fingerprint density at radius 1 is 1.53 bits per heavy atom. The quantitative estimate of drug-likeness (QED) is 0.624. The van der Waals surface area contributed by atoms with E-state index in [2.05, 4.69) is 11.6 Å². The Kier molecular flexibility index (Phi) is 4.33. The first kappa shape index (κ1) is 12.8. The van der Waals surface area contributed by atoms with Crippen LogP contribution in [0.5, 0.6) is 0 Å². The number of halogens is 1. The molecule has 1 N–H and O–H groups in total. The summed E-state index contributed by atoms with van der Waals surface area (Å²) in [5, 5.41) is 8.79. The molecule has 1 aromatic rings. The molecule has 0 aromatic carbocycles. The number of hydrogen-bond acceptors (Lipinski definition) is 3. The minimum atomic E-state index is -1.22. The molecule has 17 heavy (non-hydrogen) atoms. The zero-order valence-corrected chi connectivity index (χ0v) is 8.97. The normalized spacial score (nSPS) is 9.71. The number of carbonyl (C=O) groups is 2. The molecule has 1 amide bonds. The standard InChI is InChI=1S/C11H11FN2O3/c1-2-5-14(11(16)17)7-10(15)9-4-3-8(12)6-13-9/h2-4,6H,1,5,7H2,(H,16,17). The third kappa shape index (κ3) is 3.67. The second-order valence-corrected chi connectivity index (χ2v) is 3.24. The van der Waals surface area contributed by atoms with E-state index in [1.165, 1.54) is 12.1 Å². The van der Waals surface area contributed by atoms with Gasteiger partial charge >= 0.3 is 6.09 Å². The summed E-state index contributed by atoms with van der Waals surface area (Å²) in [7, 11) is 0. The second-order valence-electron chi connectivity index (χ2n) is 3.24. The van der Waals surface area contributed by atoms with Gasteiger partial charge in [-0.3, -0.25) is 14.7 Å². The fourth-order valence-electron chi connectivity index (χ4n) is 1.16. The van der Waals surface area contributed by atoms with Gasteiger partial charge in [-0.15, -0.1) is 6.58 Å². The lowest BCUT2D eigenvalue weighted by Crippen LogP contribution is -2.34. The highest BCUT2D eigenvalue weighted by Gasteiger charge is 2.16. The monoisotopic (exact) mass is 238 g/mol. The smallest absolute Gasteiger partial charge is 0.407 e. The first-order valence-electron chi connectivity index (χ1n) is 4.78. The van der Waals surface area contributed by atoms with Gasteiger partial charge in [-0.2, -0.15) is 0 Å². The zero-order chi connectivity index (χ0) is 12.8. The third-order valence-corrected chi connectivity index (χ3v) is 1.97. The van der Waals surface area contributed by atoms with Crippen molar-refractivity contribution in [2.45, 2.75) is 0 Å². The van der Waals surface area contributed by atoms with Crippen LogP contribution in [0, 0.1) is 5.82 Å². The number of carboxylic acid groups (broad SMARTS) is 1. The lowest BCUT2D eigenvalue weighted by molar-refractivity contribution is 0.0913. The summed E-state index contributed by atoms with van der Waals surface area (Å²) in [5.74, 6) is -1.04. The molecule has 0 aliphatic rings. The maximum atomic E-state index is 12.6. The molecular weight excluding hydrogens is 227 g/mol. The Hall–Kier alpha value is -2.24. The van der Waals surface area contributed by atoms with Gasteiger partial charge in [0.25, 0.3) is 0 Å². The summed E-state index contributed by atoms with van der Waals surface area (Å²) in [6.45, 7) is 3.10. The molecule has 1 aromatic heterocycles. The molecule has 0 atom stereocenters. The van der Waals surface area contributed by atoms with Gasteiger partial charge in [-0.1, -0.05) is 6.08 Å². The number of ketones is 1. The van der Waals surface area contributed by atoms with Gasteiger partial charge in [-0.25, -0.2) is 9.18 Å². The van der Waals surface area contributed by atoms with E-state index >= 15 is 0 Å². The van der Waals surface area contributed by atoms with Crippen LogP contribution in [0.25, 0.3) is 0 Å². The molecule has 0 aliphatic carbocycles. The van der Waals surface area contributed by atoms with Crippen molar-refractivity contribution >= 4 is 11.9 Å². The molecule has 0 saturated carbocycles. The number of carbonyl (C=O) groups excluding carboxylic acids is 1. The molecule has 0 aliphatic heterocycles. The maximum absolute atomic E-state index is 12.6. The summed E-state index contributed by atoms with van der Waals surface area (Å²) in [6.07, 6.45) is 1.06. The largest absolute Gasteiger partial charge is 0.465 e. The molecule has 0 spiro atoms. The van der Waals surface area contributed by atoms with Crippen molar-refractivity contribution < 1.29 is 19.1 Å². The van der Waals surface area contributed by atoms with Crippen molar-refractivity contribution in [2.24, 2.45) is 0 Å². The highest BCUT2D eigenvalue weighted by atomic mass is 19.1. The molecule has 5 nitrogen and oxygen atoms in total. The molecule has 0 fully saturated rings. The van der Waals surface area contributed by atoms with Gasteiger partial charge in [-0.05, 0) is 12.1 Å². The molecule has 1 rings (SSSR count). The predicted octanol–water partition coefficient (Wildman–Crippen LogP) is 1.57. The molecule has 6 heteroatoms. The van der Waals surface area contributed by atoms with E-state index in [9.17, 15) is 14.0 Å². The van der Waals surface area contributed by atoms with Gasteiger partial charge in [0.15, 0.2) is 0 Å². The highest BCUT2D eigenvalue weighted by Crippen LogP contribution is 2.01. The van der Waals surface area contributed by atoms with E-state index in [0.717, 1.165) is 17.2 Å². The van der Waals surface area contributed by atoms with Crippen LogP contribution in [0.15, 0.2) is 31.0 Å². The van der Waals surface area contributed by atoms with E-state index in [0.29, 0.717) is 0 Å². The average Bonchev–Trinajstić information content (AvgIpc) is 2.29. The fraction of sp³-hybridized carbons (Fsp3) is 0.182. The van der Waals surface area contributed by atoms with E-state index in [1.54, 1.807) is 0 Å². The minimum Gasteiger partial charge on any atom is -0.465 e. The number of pyridine rings is 1. The van der Waals surface area contributed by atoms with Crippen LogP contribution in [0.2, 0.25) is 0 Å². The van der Waals surface area contributed by atoms with E-state index in [4.69, 9.17) is 5.11 Å². The lowest BCUT2D eigenvalue weighted by atomic mass is 10.2. The van der Waals surface area contributed by atoms with Crippen LogP contribution < -0.4 is 0 Å². The van der Waals surface area contributed by atoms with Gasteiger partial charge in [0.1, 0.15) is 11.5 Å². The van der Waals surface area contributed by atoms with E-state index in [-0.39, 0.29) is 18.8 Å². The van der Waals surface area contributed by atoms with Crippen molar-refractivity contribution in [1.82, 2.24) is 9.88 Å². The Morgan fingerprint density at radius 2 is 2.24 bits per heavy atom. The Balaban J connectivity index is 2.73.